The smallest absolute Gasteiger partial charge is 0.137 e. The summed E-state index contributed by atoms with van der Waals surface area (Å²) in [6, 6.07) is 6.46. The molecule has 0 bridgehead atoms. The number of halogens is 2. The Morgan fingerprint density at radius 3 is 2.89 bits per heavy atom. The molecule has 0 spiro atoms. The van der Waals surface area contributed by atoms with Gasteiger partial charge < -0.3 is 5.73 Å². The van der Waals surface area contributed by atoms with Gasteiger partial charge in [0, 0.05) is 12.7 Å². The summed E-state index contributed by atoms with van der Waals surface area (Å²) in [4.78, 5) is 0. The van der Waals surface area contributed by atoms with Crippen molar-refractivity contribution >= 4 is 15.9 Å². The predicted molar refractivity (Wildman–Crippen MR) is 72.6 cm³/mol. The molecule has 0 radical (unpaired) electrons. The van der Waals surface area contributed by atoms with Crippen molar-refractivity contribution in [2.45, 2.75) is 25.9 Å². The van der Waals surface area contributed by atoms with E-state index in [9.17, 15) is 4.39 Å². The lowest BCUT2D eigenvalue weighted by Crippen LogP contribution is -2.17. The van der Waals surface area contributed by atoms with E-state index >= 15 is 0 Å². The number of nitrogens with two attached hydrogens (primary N) is 1. The molecule has 2 N–H and O–H groups in total. The number of aromatic nitrogens is 2. The van der Waals surface area contributed by atoms with Gasteiger partial charge in [-0.3, -0.25) is 4.68 Å². The van der Waals surface area contributed by atoms with Gasteiger partial charge in [-0.05, 0) is 46.1 Å². The average Bonchev–Trinajstić information content (AvgIpc) is 2.80. The lowest BCUT2D eigenvalue weighted by molar-refractivity contribution is 0.557. The Labute approximate surface area is 114 Å². The summed E-state index contributed by atoms with van der Waals surface area (Å²) < 4.78 is 15.8. The molecule has 0 fully saturated rings. The van der Waals surface area contributed by atoms with Crippen molar-refractivity contribution in [3.05, 3.63) is 52.0 Å². The largest absolute Gasteiger partial charge is 0.319 e. The van der Waals surface area contributed by atoms with Gasteiger partial charge in [0.05, 0.1) is 16.2 Å². The first kappa shape index (κ1) is 13.2. The second kappa shape index (κ2) is 5.63. The van der Waals surface area contributed by atoms with Crippen LogP contribution in [-0.4, -0.2) is 9.78 Å². The van der Waals surface area contributed by atoms with E-state index in [2.05, 4.69) is 28.0 Å². The number of benzene rings is 1. The molecule has 0 amide bonds. The van der Waals surface area contributed by atoms with E-state index in [0.717, 1.165) is 24.2 Å². The number of nitrogens with zero attached hydrogens (tertiary/aromatic N) is 2. The second-order valence-electron chi connectivity index (χ2n) is 4.13. The van der Waals surface area contributed by atoms with Gasteiger partial charge >= 0.3 is 0 Å². The predicted octanol–water partition coefficient (Wildman–Crippen LogP) is 3.24. The molecule has 3 nitrogen and oxygen atoms in total. The van der Waals surface area contributed by atoms with Gasteiger partial charge in [0.15, 0.2) is 0 Å². The lowest BCUT2D eigenvalue weighted by atomic mass is 10.0. The topological polar surface area (TPSA) is 43.8 Å². The first-order chi connectivity index (χ1) is 8.63. The third kappa shape index (κ3) is 2.62. The van der Waals surface area contributed by atoms with Crippen LogP contribution < -0.4 is 5.73 Å². The highest BCUT2D eigenvalue weighted by atomic mass is 79.9. The molecule has 1 aromatic heterocycles. The zero-order chi connectivity index (χ0) is 13.1. The molecule has 5 heteroatoms. The van der Waals surface area contributed by atoms with E-state index in [1.165, 1.54) is 6.07 Å². The van der Waals surface area contributed by atoms with E-state index in [1.54, 1.807) is 12.3 Å². The number of hydrogen-bond donors (Lipinski definition) is 1. The number of aryl methyl sites for hydroxylation is 1. The van der Waals surface area contributed by atoms with Crippen LogP contribution >= 0.6 is 15.9 Å². The molecule has 0 aliphatic rings. The van der Waals surface area contributed by atoms with Crippen molar-refractivity contribution in [2.24, 2.45) is 5.73 Å². The van der Waals surface area contributed by atoms with E-state index in [4.69, 9.17) is 5.73 Å². The van der Waals surface area contributed by atoms with Gasteiger partial charge in [0.1, 0.15) is 5.82 Å². The Balaban J connectivity index is 2.32. The van der Waals surface area contributed by atoms with E-state index in [0.29, 0.717) is 4.47 Å². The van der Waals surface area contributed by atoms with Gasteiger partial charge in [-0.2, -0.15) is 5.10 Å². The Morgan fingerprint density at radius 2 is 2.22 bits per heavy atom. The molecule has 1 atom stereocenters. The average molecular weight is 312 g/mol. The SMILES string of the molecule is CCCn1nccc1C(N)c1ccc(Br)c(F)c1. The Kier molecular flexibility index (Phi) is 4.14. The summed E-state index contributed by atoms with van der Waals surface area (Å²) in [6.45, 7) is 2.89. The van der Waals surface area contributed by atoms with Crippen molar-refractivity contribution in [3.63, 3.8) is 0 Å². The van der Waals surface area contributed by atoms with E-state index in [-0.39, 0.29) is 11.9 Å². The molecule has 1 aromatic carbocycles. The van der Waals surface area contributed by atoms with Crippen LogP contribution in [0.5, 0.6) is 0 Å². The summed E-state index contributed by atoms with van der Waals surface area (Å²) in [6.07, 6.45) is 2.70. The van der Waals surface area contributed by atoms with Gasteiger partial charge in [-0.15, -0.1) is 0 Å². The third-order valence-electron chi connectivity index (χ3n) is 2.81. The molecule has 2 aromatic rings. The Morgan fingerprint density at radius 1 is 1.44 bits per heavy atom. The van der Waals surface area contributed by atoms with Gasteiger partial charge in [0.25, 0.3) is 0 Å². The van der Waals surface area contributed by atoms with Gasteiger partial charge in [0.2, 0.25) is 0 Å². The zero-order valence-corrected chi connectivity index (χ0v) is 11.7. The molecule has 0 saturated heterocycles. The number of hydrogen-bond acceptors (Lipinski definition) is 2. The molecular weight excluding hydrogens is 297 g/mol. The van der Waals surface area contributed by atoms with Crippen LogP contribution in [0.4, 0.5) is 4.39 Å². The van der Waals surface area contributed by atoms with Crippen molar-refractivity contribution in [1.29, 1.82) is 0 Å². The maximum Gasteiger partial charge on any atom is 0.137 e. The molecule has 2 rings (SSSR count). The quantitative estimate of drug-likeness (QED) is 0.942. The zero-order valence-electron chi connectivity index (χ0n) is 10.1. The van der Waals surface area contributed by atoms with Crippen LogP contribution in [0.2, 0.25) is 0 Å². The fourth-order valence-corrected chi connectivity index (χ4v) is 2.13. The minimum absolute atomic E-state index is 0.301. The third-order valence-corrected chi connectivity index (χ3v) is 3.45. The van der Waals surface area contributed by atoms with Crippen LogP contribution in [0.1, 0.15) is 30.6 Å². The van der Waals surface area contributed by atoms with Crippen molar-refractivity contribution in [3.8, 4) is 0 Å². The van der Waals surface area contributed by atoms with Crippen molar-refractivity contribution in [1.82, 2.24) is 9.78 Å². The van der Waals surface area contributed by atoms with Gasteiger partial charge in [-0.25, -0.2) is 4.39 Å². The monoisotopic (exact) mass is 311 g/mol. The molecule has 96 valence electrons. The molecule has 0 aliphatic carbocycles. The first-order valence-electron chi connectivity index (χ1n) is 5.85. The van der Waals surface area contributed by atoms with Crippen LogP contribution in [0.15, 0.2) is 34.9 Å². The maximum absolute atomic E-state index is 13.5. The molecular formula is C13H15BrFN3. The Bertz CT molecular complexity index is 539. The van der Waals surface area contributed by atoms with Crippen LogP contribution in [-0.2, 0) is 6.54 Å². The standard InChI is InChI=1S/C13H15BrFN3/c1-2-7-18-12(5-6-17-18)13(16)9-3-4-10(14)11(15)8-9/h3-6,8,13H,2,7,16H2,1H3. The van der Waals surface area contributed by atoms with E-state index in [1.807, 2.05) is 16.8 Å². The van der Waals surface area contributed by atoms with Crippen molar-refractivity contribution in [2.75, 3.05) is 0 Å². The maximum atomic E-state index is 13.5. The summed E-state index contributed by atoms with van der Waals surface area (Å²) in [5, 5.41) is 4.23. The molecule has 1 unspecified atom stereocenters. The highest BCUT2D eigenvalue weighted by molar-refractivity contribution is 9.10. The highest BCUT2D eigenvalue weighted by Gasteiger charge is 2.15. The summed E-state index contributed by atoms with van der Waals surface area (Å²) in [5.74, 6) is -0.301. The van der Waals surface area contributed by atoms with E-state index < -0.39 is 0 Å². The minimum atomic E-state index is -0.360. The lowest BCUT2D eigenvalue weighted by Gasteiger charge is -2.14. The van der Waals surface area contributed by atoms with Crippen LogP contribution in [0.25, 0.3) is 0 Å². The molecule has 1 heterocycles. The van der Waals surface area contributed by atoms with Crippen molar-refractivity contribution < 1.29 is 4.39 Å². The normalized spacial score (nSPS) is 12.7. The van der Waals surface area contributed by atoms with Crippen LogP contribution in [0.3, 0.4) is 0 Å². The Hall–Kier alpha value is -1.20. The summed E-state index contributed by atoms with van der Waals surface area (Å²) in [7, 11) is 0. The molecule has 0 saturated carbocycles. The molecule has 0 aliphatic heterocycles. The second-order valence-corrected chi connectivity index (χ2v) is 4.98. The summed E-state index contributed by atoms with van der Waals surface area (Å²) >= 11 is 3.13. The number of rotatable bonds is 4. The van der Waals surface area contributed by atoms with Gasteiger partial charge in [-0.1, -0.05) is 13.0 Å². The summed E-state index contributed by atoms with van der Waals surface area (Å²) in [5.41, 5.74) is 7.81. The molecule has 18 heavy (non-hydrogen) atoms. The fraction of sp³-hybridized carbons (Fsp3) is 0.308. The fourth-order valence-electron chi connectivity index (χ4n) is 1.88. The minimum Gasteiger partial charge on any atom is -0.319 e. The first-order valence-corrected chi connectivity index (χ1v) is 6.65. The van der Waals surface area contributed by atoms with Crippen LogP contribution in [0, 0.1) is 5.82 Å². The highest BCUT2D eigenvalue weighted by Crippen LogP contribution is 2.23.